The predicted octanol–water partition coefficient (Wildman–Crippen LogP) is 1.18. The van der Waals surface area contributed by atoms with Gasteiger partial charge in [-0.05, 0) is 27.7 Å². The molecule has 1 rings (SSSR count). The molecule has 1 aromatic rings. The van der Waals surface area contributed by atoms with Crippen molar-refractivity contribution in [1.29, 1.82) is 0 Å². The lowest BCUT2D eigenvalue weighted by Crippen LogP contribution is -2.33. The summed E-state index contributed by atoms with van der Waals surface area (Å²) in [6.07, 6.45) is 1.98. The van der Waals surface area contributed by atoms with Crippen LogP contribution in [0.15, 0.2) is 22.3 Å². The molecular formula is C13H18N2O4. The van der Waals surface area contributed by atoms with E-state index < -0.39 is 11.7 Å². The Kier molecular flexibility index (Phi) is 4.37. The maximum atomic E-state index is 11.6. The number of nitrogens with zero attached hydrogens (tertiary/aromatic N) is 1. The Balaban J connectivity index is 2.95. The molecule has 0 spiro atoms. The van der Waals surface area contributed by atoms with Crippen molar-refractivity contribution in [2.75, 3.05) is 0 Å². The summed E-state index contributed by atoms with van der Waals surface area (Å²) in [4.78, 5) is 15.4. The first kappa shape index (κ1) is 14.8. The maximum absolute atomic E-state index is 11.6. The summed E-state index contributed by atoms with van der Waals surface area (Å²) in [5, 5.41) is 12.4. The summed E-state index contributed by atoms with van der Waals surface area (Å²) in [7, 11) is 0. The van der Waals surface area contributed by atoms with Gasteiger partial charge in [0.1, 0.15) is 16.7 Å². The number of carbonyl (C=O) groups excluding carboxylic acids is 1. The number of alkyl carbamates (subject to hydrolysis) is 1. The lowest BCUT2D eigenvalue weighted by atomic mass is 10.2. The number of aliphatic hydroxyl groups is 1. The highest BCUT2D eigenvalue weighted by Gasteiger charge is 2.17. The number of allylic oxidation sites excluding steroid dienone is 2. The molecule has 1 aromatic heterocycles. The van der Waals surface area contributed by atoms with Crippen molar-refractivity contribution in [3.8, 4) is 0 Å². The number of amides is 1. The van der Waals surface area contributed by atoms with Crippen LogP contribution in [0.25, 0.3) is 12.7 Å². The molecule has 0 radical (unpaired) electrons. The third kappa shape index (κ3) is 4.87. The van der Waals surface area contributed by atoms with Crippen LogP contribution in [0.3, 0.4) is 0 Å². The SMILES string of the molecule is C=c1nco/c1=C/C(NC(=O)OC(C)(C)C)=C(\C)O. The van der Waals surface area contributed by atoms with Crippen molar-refractivity contribution < 1.29 is 19.1 Å². The summed E-state index contributed by atoms with van der Waals surface area (Å²) >= 11 is 0. The largest absolute Gasteiger partial charge is 0.510 e. The number of rotatable bonds is 2. The average molecular weight is 266 g/mol. The van der Waals surface area contributed by atoms with Gasteiger partial charge >= 0.3 is 6.09 Å². The second kappa shape index (κ2) is 5.60. The zero-order valence-electron chi connectivity index (χ0n) is 11.5. The summed E-state index contributed by atoms with van der Waals surface area (Å²) in [5.41, 5.74) is -0.113. The van der Waals surface area contributed by atoms with Crippen LogP contribution >= 0.6 is 0 Å². The molecular weight excluding hydrogens is 248 g/mol. The second-order valence-corrected chi connectivity index (χ2v) is 4.93. The van der Waals surface area contributed by atoms with E-state index >= 15 is 0 Å². The van der Waals surface area contributed by atoms with E-state index in [0.717, 1.165) is 0 Å². The molecule has 0 aromatic carbocycles. The Bertz CT molecular complexity index is 589. The third-order valence-electron chi connectivity index (χ3n) is 1.97. The minimum Gasteiger partial charge on any atom is -0.510 e. The Morgan fingerprint density at radius 2 is 2.21 bits per heavy atom. The zero-order chi connectivity index (χ0) is 14.6. The van der Waals surface area contributed by atoms with Crippen molar-refractivity contribution in [2.45, 2.75) is 33.3 Å². The molecule has 1 amide bonds. The van der Waals surface area contributed by atoms with E-state index in [2.05, 4.69) is 16.9 Å². The fourth-order valence-corrected chi connectivity index (χ4v) is 1.17. The zero-order valence-corrected chi connectivity index (χ0v) is 11.5. The predicted molar refractivity (Wildman–Crippen MR) is 70.4 cm³/mol. The molecule has 0 aliphatic heterocycles. The second-order valence-electron chi connectivity index (χ2n) is 4.93. The van der Waals surface area contributed by atoms with Crippen LogP contribution < -0.4 is 16.1 Å². The summed E-state index contributed by atoms with van der Waals surface area (Å²) in [6.45, 7) is 10.3. The van der Waals surface area contributed by atoms with Crippen LogP contribution in [-0.2, 0) is 4.74 Å². The topological polar surface area (TPSA) is 84.6 Å². The van der Waals surface area contributed by atoms with Gasteiger partial charge < -0.3 is 14.3 Å². The molecule has 1 heterocycles. The fraction of sp³-hybridized carbons (Fsp3) is 0.385. The standard InChI is InChI=1S/C13H18N2O4/c1-8-11(18-7-14-8)6-10(9(2)16)15-12(17)19-13(3,4)5/h6-7,16H,1H2,2-5H3,(H,15,17)/b10-9-,11-6+. The molecule has 0 saturated heterocycles. The van der Waals surface area contributed by atoms with Crippen molar-refractivity contribution in [3.05, 3.63) is 28.6 Å². The van der Waals surface area contributed by atoms with E-state index in [9.17, 15) is 9.90 Å². The highest BCUT2D eigenvalue weighted by Crippen LogP contribution is 2.08. The molecule has 0 atom stereocenters. The van der Waals surface area contributed by atoms with Gasteiger partial charge in [0, 0.05) is 6.08 Å². The molecule has 6 heteroatoms. The molecule has 19 heavy (non-hydrogen) atoms. The van der Waals surface area contributed by atoms with Gasteiger partial charge in [-0.15, -0.1) is 0 Å². The van der Waals surface area contributed by atoms with Crippen molar-refractivity contribution in [3.63, 3.8) is 0 Å². The molecule has 0 bridgehead atoms. The summed E-state index contributed by atoms with van der Waals surface area (Å²) < 4.78 is 10.2. The Labute approximate surface area is 111 Å². The Morgan fingerprint density at radius 3 is 2.63 bits per heavy atom. The molecule has 0 aliphatic carbocycles. The van der Waals surface area contributed by atoms with Gasteiger partial charge in [0.05, 0.1) is 5.70 Å². The summed E-state index contributed by atoms with van der Waals surface area (Å²) in [6, 6.07) is 0. The van der Waals surface area contributed by atoms with Gasteiger partial charge in [-0.1, -0.05) is 6.58 Å². The van der Waals surface area contributed by atoms with Gasteiger partial charge in [0.15, 0.2) is 11.8 Å². The average Bonchev–Trinajstić information content (AvgIpc) is 2.60. The molecule has 2 N–H and O–H groups in total. The maximum Gasteiger partial charge on any atom is 0.412 e. The van der Waals surface area contributed by atoms with Crippen molar-refractivity contribution >= 4 is 18.7 Å². The highest BCUT2D eigenvalue weighted by atomic mass is 16.6. The number of ether oxygens (including phenoxy) is 1. The Morgan fingerprint density at radius 1 is 1.58 bits per heavy atom. The Hall–Kier alpha value is -2.24. The number of oxazole rings is 1. The number of aliphatic hydroxyl groups excluding tert-OH is 1. The van der Waals surface area contributed by atoms with E-state index in [0.29, 0.717) is 10.8 Å². The van der Waals surface area contributed by atoms with Gasteiger partial charge in [-0.3, -0.25) is 5.32 Å². The number of hydrogen-bond donors (Lipinski definition) is 2. The van der Waals surface area contributed by atoms with Gasteiger partial charge in [0.2, 0.25) is 0 Å². The molecule has 0 fully saturated rings. The van der Waals surface area contributed by atoms with Crippen molar-refractivity contribution in [2.24, 2.45) is 0 Å². The van der Waals surface area contributed by atoms with Crippen LogP contribution in [0.5, 0.6) is 0 Å². The minimum absolute atomic E-state index is 0.0818. The first-order chi connectivity index (χ1) is 8.69. The van der Waals surface area contributed by atoms with Crippen molar-refractivity contribution in [1.82, 2.24) is 10.3 Å². The number of carbonyl (C=O) groups is 1. The summed E-state index contributed by atoms with van der Waals surface area (Å²) in [5.74, 6) is -0.0818. The minimum atomic E-state index is -0.669. The van der Waals surface area contributed by atoms with Crippen LogP contribution in [-0.4, -0.2) is 21.8 Å². The van der Waals surface area contributed by atoms with Crippen LogP contribution in [0.2, 0.25) is 0 Å². The van der Waals surface area contributed by atoms with E-state index in [1.165, 1.54) is 19.4 Å². The highest BCUT2D eigenvalue weighted by molar-refractivity contribution is 5.73. The normalized spacial score (nSPS) is 14.0. The van der Waals surface area contributed by atoms with E-state index in [-0.39, 0.29) is 11.5 Å². The molecule has 0 aliphatic rings. The van der Waals surface area contributed by atoms with Gasteiger partial charge in [-0.2, -0.15) is 0 Å². The lowest BCUT2D eigenvalue weighted by molar-refractivity contribution is 0.0546. The molecule has 0 saturated carbocycles. The first-order valence-electron chi connectivity index (χ1n) is 5.69. The first-order valence-corrected chi connectivity index (χ1v) is 5.69. The van der Waals surface area contributed by atoms with Gasteiger partial charge in [0.25, 0.3) is 0 Å². The number of aromatic nitrogens is 1. The number of hydrogen-bond acceptors (Lipinski definition) is 5. The van der Waals surface area contributed by atoms with Crippen LogP contribution in [0.1, 0.15) is 27.7 Å². The van der Waals surface area contributed by atoms with E-state index in [4.69, 9.17) is 9.15 Å². The lowest BCUT2D eigenvalue weighted by Gasteiger charge is -2.19. The molecule has 104 valence electrons. The van der Waals surface area contributed by atoms with Crippen LogP contribution in [0.4, 0.5) is 4.79 Å². The third-order valence-corrected chi connectivity index (χ3v) is 1.97. The number of nitrogens with one attached hydrogen (secondary N) is 1. The molecule has 0 unspecified atom stereocenters. The fourth-order valence-electron chi connectivity index (χ4n) is 1.17. The molecule has 6 nitrogen and oxygen atoms in total. The van der Waals surface area contributed by atoms with Crippen LogP contribution in [0, 0.1) is 0 Å². The smallest absolute Gasteiger partial charge is 0.412 e. The quantitative estimate of drug-likeness (QED) is 0.785. The van der Waals surface area contributed by atoms with E-state index in [1.54, 1.807) is 20.8 Å². The van der Waals surface area contributed by atoms with Gasteiger partial charge in [-0.25, -0.2) is 9.78 Å². The monoisotopic (exact) mass is 266 g/mol. The van der Waals surface area contributed by atoms with E-state index in [1.807, 2.05) is 0 Å².